The van der Waals surface area contributed by atoms with Crippen LogP contribution in [0.3, 0.4) is 0 Å². The van der Waals surface area contributed by atoms with E-state index in [9.17, 15) is 0 Å². The number of methoxy groups -OCH3 is 3. The average Bonchev–Trinajstić information content (AvgIpc) is 2.96. The smallest absolute Gasteiger partial charge is 0.210 e. The van der Waals surface area contributed by atoms with Crippen LogP contribution in [-0.2, 0) is 5.41 Å². The maximum atomic E-state index is 5.50. The molecule has 0 fully saturated rings. The third-order valence-electron chi connectivity index (χ3n) is 6.02. The average molecular weight is 530 g/mol. The van der Waals surface area contributed by atoms with Crippen molar-refractivity contribution in [2.45, 2.75) is 19.3 Å². The normalized spacial score (nSPS) is 14.5. The highest BCUT2D eigenvalue weighted by atomic mass is 127. The Kier molecular flexibility index (Phi) is 6.65. The molecule has 1 heterocycles. The fourth-order valence-electron chi connectivity index (χ4n) is 4.57. The standard InChI is InChI=1S/C26H28NO3.HI/c1-26(2)23(14-11-17-15-21(28-4)25(30-6)22(16-17)29-5)27(3)20-13-12-18-9-7-8-10-19(18)24(20)26;/h7-16H,1-6H3;1H/q+1;/b14-11+;. The van der Waals surface area contributed by atoms with Crippen molar-refractivity contribution in [1.29, 1.82) is 0 Å². The van der Waals surface area contributed by atoms with Crippen LogP contribution in [0.5, 0.6) is 17.2 Å². The predicted octanol–water partition coefficient (Wildman–Crippen LogP) is 6.20. The molecule has 0 unspecified atom stereocenters. The molecule has 5 heteroatoms. The topological polar surface area (TPSA) is 30.7 Å². The van der Waals surface area contributed by atoms with E-state index in [0.717, 1.165) is 5.56 Å². The zero-order valence-electron chi connectivity index (χ0n) is 18.9. The Morgan fingerprint density at radius 2 is 1.48 bits per heavy atom. The molecule has 0 spiro atoms. The Morgan fingerprint density at radius 1 is 0.839 bits per heavy atom. The van der Waals surface area contributed by atoms with Crippen LogP contribution in [0.4, 0.5) is 5.69 Å². The molecule has 3 aromatic rings. The van der Waals surface area contributed by atoms with Gasteiger partial charge < -0.3 is 14.2 Å². The summed E-state index contributed by atoms with van der Waals surface area (Å²) in [5.74, 6) is 1.90. The fraction of sp³-hybridized carbons (Fsp3) is 0.269. The predicted molar refractivity (Wildman–Crippen MR) is 138 cm³/mol. The van der Waals surface area contributed by atoms with E-state index in [2.05, 4.69) is 74.0 Å². The Hall–Kier alpha value is -2.54. The molecule has 3 aromatic carbocycles. The second-order valence-electron chi connectivity index (χ2n) is 8.04. The molecule has 0 aliphatic carbocycles. The summed E-state index contributed by atoms with van der Waals surface area (Å²) in [5, 5.41) is 2.58. The molecule has 1 aliphatic heterocycles. The monoisotopic (exact) mass is 530 g/mol. The van der Waals surface area contributed by atoms with Crippen molar-refractivity contribution in [2.75, 3.05) is 28.4 Å². The molecule has 0 radical (unpaired) electrons. The van der Waals surface area contributed by atoms with Gasteiger partial charge in [0.25, 0.3) is 0 Å². The molecular weight excluding hydrogens is 501 g/mol. The number of rotatable bonds is 5. The van der Waals surface area contributed by atoms with Crippen LogP contribution in [-0.4, -0.2) is 38.7 Å². The first-order chi connectivity index (χ1) is 14.4. The van der Waals surface area contributed by atoms with Gasteiger partial charge in [-0.2, -0.15) is 4.58 Å². The van der Waals surface area contributed by atoms with E-state index < -0.39 is 0 Å². The van der Waals surface area contributed by atoms with Crippen LogP contribution in [0.1, 0.15) is 25.0 Å². The summed E-state index contributed by atoms with van der Waals surface area (Å²) in [6.07, 6.45) is 4.29. The lowest BCUT2D eigenvalue weighted by Gasteiger charge is -2.17. The maximum Gasteiger partial charge on any atom is 0.210 e. The van der Waals surface area contributed by atoms with Gasteiger partial charge in [-0.05, 0) is 54.5 Å². The van der Waals surface area contributed by atoms with E-state index in [1.807, 2.05) is 12.1 Å². The molecule has 1 aliphatic rings. The van der Waals surface area contributed by atoms with E-state index in [-0.39, 0.29) is 29.4 Å². The van der Waals surface area contributed by atoms with Gasteiger partial charge in [-0.1, -0.05) is 24.3 Å². The Labute approximate surface area is 201 Å². The van der Waals surface area contributed by atoms with E-state index in [4.69, 9.17) is 14.2 Å². The molecular formula is C26H29INO3+. The van der Waals surface area contributed by atoms with Crippen molar-refractivity contribution in [3.05, 3.63) is 65.7 Å². The van der Waals surface area contributed by atoms with Crippen LogP contribution in [0.2, 0.25) is 0 Å². The molecule has 31 heavy (non-hydrogen) atoms. The third kappa shape index (κ3) is 3.80. The Bertz CT molecular complexity index is 1170. The molecule has 0 saturated heterocycles. The summed E-state index contributed by atoms with van der Waals surface area (Å²) < 4.78 is 18.7. The first kappa shape index (κ1) is 23.1. The van der Waals surface area contributed by atoms with Gasteiger partial charge in [-0.15, -0.1) is 24.0 Å². The summed E-state index contributed by atoms with van der Waals surface area (Å²) in [5.41, 5.74) is 4.72. The lowest BCUT2D eigenvalue weighted by Crippen LogP contribution is -2.26. The van der Waals surface area contributed by atoms with Gasteiger partial charge in [0.1, 0.15) is 7.05 Å². The number of hydrogen-bond acceptors (Lipinski definition) is 3. The maximum absolute atomic E-state index is 5.50. The highest BCUT2D eigenvalue weighted by molar-refractivity contribution is 14.0. The number of hydrogen-bond donors (Lipinski definition) is 0. The quantitative estimate of drug-likeness (QED) is 0.291. The lowest BCUT2D eigenvalue weighted by molar-refractivity contribution is -0.401. The highest BCUT2D eigenvalue weighted by Crippen LogP contribution is 2.44. The van der Waals surface area contributed by atoms with Crippen molar-refractivity contribution in [2.24, 2.45) is 0 Å². The van der Waals surface area contributed by atoms with Gasteiger partial charge >= 0.3 is 0 Å². The van der Waals surface area contributed by atoms with Gasteiger partial charge in [-0.3, -0.25) is 0 Å². The van der Waals surface area contributed by atoms with Crippen LogP contribution in [0.15, 0.2) is 54.6 Å². The number of fused-ring (bicyclic) bond motifs is 3. The van der Waals surface area contributed by atoms with Gasteiger partial charge in [-0.25, -0.2) is 0 Å². The van der Waals surface area contributed by atoms with Crippen LogP contribution >= 0.6 is 24.0 Å². The summed E-state index contributed by atoms with van der Waals surface area (Å²) in [7, 11) is 7.02. The van der Waals surface area contributed by atoms with Crippen molar-refractivity contribution in [3.8, 4) is 17.2 Å². The van der Waals surface area contributed by atoms with Crippen LogP contribution < -0.4 is 14.2 Å². The lowest BCUT2D eigenvalue weighted by atomic mass is 9.79. The van der Waals surface area contributed by atoms with Crippen molar-refractivity contribution in [1.82, 2.24) is 0 Å². The van der Waals surface area contributed by atoms with E-state index in [0.29, 0.717) is 17.2 Å². The fourth-order valence-corrected chi connectivity index (χ4v) is 4.57. The van der Waals surface area contributed by atoms with E-state index in [1.165, 1.54) is 27.7 Å². The second-order valence-corrected chi connectivity index (χ2v) is 8.04. The van der Waals surface area contributed by atoms with Gasteiger partial charge in [0.2, 0.25) is 11.4 Å². The number of halogens is 1. The molecule has 4 rings (SSSR count). The number of allylic oxidation sites excluding steroid dienone is 1. The number of benzene rings is 3. The number of ether oxygens (including phenoxy) is 3. The first-order valence-corrected chi connectivity index (χ1v) is 10.0. The minimum Gasteiger partial charge on any atom is -0.493 e. The minimum atomic E-state index is -0.123. The second kappa shape index (κ2) is 8.91. The van der Waals surface area contributed by atoms with Crippen LogP contribution in [0, 0.1) is 0 Å². The van der Waals surface area contributed by atoms with Gasteiger partial charge in [0, 0.05) is 17.7 Å². The zero-order valence-corrected chi connectivity index (χ0v) is 21.2. The summed E-state index contributed by atoms with van der Waals surface area (Å²) in [4.78, 5) is 0. The van der Waals surface area contributed by atoms with Gasteiger partial charge in [0.15, 0.2) is 17.2 Å². The number of nitrogens with zero attached hydrogens (tertiary/aromatic N) is 1. The van der Waals surface area contributed by atoms with Crippen molar-refractivity contribution < 1.29 is 18.8 Å². The van der Waals surface area contributed by atoms with E-state index in [1.54, 1.807) is 21.3 Å². The summed E-state index contributed by atoms with van der Waals surface area (Å²) in [6, 6.07) is 16.9. The van der Waals surface area contributed by atoms with Gasteiger partial charge in [0.05, 0.1) is 26.7 Å². The molecule has 0 amide bonds. The molecule has 0 saturated carbocycles. The molecule has 0 N–H and O–H groups in total. The van der Waals surface area contributed by atoms with Crippen molar-refractivity contribution >= 4 is 52.2 Å². The highest BCUT2D eigenvalue weighted by Gasteiger charge is 2.44. The molecule has 0 atom stereocenters. The first-order valence-electron chi connectivity index (χ1n) is 10.0. The zero-order chi connectivity index (χ0) is 21.5. The summed E-state index contributed by atoms with van der Waals surface area (Å²) >= 11 is 0. The molecule has 162 valence electrons. The van der Waals surface area contributed by atoms with Crippen molar-refractivity contribution in [3.63, 3.8) is 0 Å². The molecule has 0 aromatic heterocycles. The largest absolute Gasteiger partial charge is 0.493 e. The minimum absolute atomic E-state index is 0. The SMILES string of the molecule is COc1cc(/C=C/C2=[N+](C)c3ccc4ccccc4c3C2(C)C)cc(OC)c1OC.I. The Balaban J connectivity index is 0.00000272. The third-order valence-corrected chi connectivity index (χ3v) is 6.02. The molecule has 0 bridgehead atoms. The van der Waals surface area contributed by atoms with Crippen LogP contribution in [0.25, 0.3) is 16.8 Å². The Morgan fingerprint density at radius 3 is 2.10 bits per heavy atom. The summed E-state index contributed by atoms with van der Waals surface area (Å²) in [6.45, 7) is 4.58. The molecule has 4 nitrogen and oxygen atoms in total. The van der Waals surface area contributed by atoms with E-state index >= 15 is 0 Å².